The van der Waals surface area contributed by atoms with Crippen LogP contribution >= 0.6 is 0 Å². The van der Waals surface area contributed by atoms with Crippen molar-refractivity contribution in [1.82, 2.24) is 10.2 Å². The van der Waals surface area contributed by atoms with Gasteiger partial charge in [0.2, 0.25) is 0 Å². The summed E-state index contributed by atoms with van der Waals surface area (Å²) in [5.74, 6) is 0.708. The average molecular weight is 290 g/mol. The van der Waals surface area contributed by atoms with Gasteiger partial charge in [0, 0.05) is 25.2 Å². The Kier molecular flexibility index (Phi) is 7.98. The van der Waals surface area contributed by atoms with Gasteiger partial charge in [-0.1, -0.05) is 52.0 Å². The number of likely N-dealkylation sites (N-methyl/N-ethyl adjacent to an activating group) is 1. The molecule has 0 aliphatic rings. The molecule has 1 N–H and O–H groups in total. The van der Waals surface area contributed by atoms with Gasteiger partial charge in [-0.2, -0.15) is 0 Å². The van der Waals surface area contributed by atoms with E-state index in [-0.39, 0.29) is 0 Å². The highest BCUT2D eigenvalue weighted by Gasteiger charge is 2.21. The zero-order valence-electron chi connectivity index (χ0n) is 14.8. The van der Waals surface area contributed by atoms with E-state index in [0.717, 1.165) is 6.54 Å². The molecule has 1 atom stereocenters. The summed E-state index contributed by atoms with van der Waals surface area (Å²) in [5.41, 5.74) is 2.81. The first-order valence-corrected chi connectivity index (χ1v) is 8.50. The summed E-state index contributed by atoms with van der Waals surface area (Å²) < 4.78 is 0. The Bertz CT molecular complexity index is 396. The minimum atomic E-state index is 0.408. The van der Waals surface area contributed by atoms with E-state index in [0.29, 0.717) is 18.0 Å². The molecule has 0 heterocycles. The lowest BCUT2D eigenvalue weighted by Gasteiger charge is -2.35. The molecule has 0 spiro atoms. The maximum absolute atomic E-state index is 3.52. The quantitative estimate of drug-likeness (QED) is 0.725. The van der Waals surface area contributed by atoms with Gasteiger partial charge in [0.15, 0.2) is 0 Å². The lowest BCUT2D eigenvalue weighted by Crippen LogP contribution is -2.42. The van der Waals surface area contributed by atoms with E-state index >= 15 is 0 Å². The molecule has 1 aromatic carbocycles. The monoisotopic (exact) mass is 290 g/mol. The third kappa shape index (κ3) is 5.44. The Morgan fingerprint density at radius 3 is 2.14 bits per heavy atom. The standard InChI is InChI=1S/C19H34N2/c1-7-17(8-2)21(13-15(3)4)14-19(20-6)18-12-10-9-11-16(18)5/h9-12,15,17,19-20H,7-8,13-14H2,1-6H3. The van der Waals surface area contributed by atoms with Crippen molar-refractivity contribution in [2.24, 2.45) is 5.92 Å². The van der Waals surface area contributed by atoms with Crippen molar-refractivity contribution in [2.45, 2.75) is 59.5 Å². The Labute approximate surface area is 131 Å². The molecule has 0 fully saturated rings. The molecule has 0 aliphatic carbocycles. The molecular weight excluding hydrogens is 256 g/mol. The first kappa shape index (κ1) is 18.2. The molecule has 1 rings (SSSR count). The predicted molar refractivity (Wildman–Crippen MR) is 93.8 cm³/mol. The minimum absolute atomic E-state index is 0.408. The van der Waals surface area contributed by atoms with E-state index < -0.39 is 0 Å². The van der Waals surface area contributed by atoms with Crippen LogP contribution in [0.5, 0.6) is 0 Å². The van der Waals surface area contributed by atoms with Crippen LogP contribution in [-0.4, -0.2) is 31.1 Å². The highest BCUT2D eigenvalue weighted by molar-refractivity contribution is 5.29. The van der Waals surface area contributed by atoms with Gasteiger partial charge >= 0.3 is 0 Å². The molecule has 0 bridgehead atoms. The van der Waals surface area contributed by atoms with E-state index in [4.69, 9.17) is 0 Å². The van der Waals surface area contributed by atoms with Crippen molar-refractivity contribution in [3.05, 3.63) is 35.4 Å². The first-order valence-electron chi connectivity index (χ1n) is 8.50. The van der Waals surface area contributed by atoms with Gasteiger partial charge in [-0.25, -0.2) is 0 Å². The summed E-state index contributed by atoms with van der Waals surface area (Å²) in [6.45, 7) is 13.7. The molecule has 0 saturated carbocycles. The molecule has 21 heavy (non-hydrogen) atoms. The average Bonchev–Trinajstić information content (AvgIpc) is 2.46. The molecule has 2 nitrogen and oxygen atoms in total. The van der Waals surface area contributed by atoms with E-state index in [2.05, 4.69) is 76.1 Å². The van der Waals surface area contributed by atoms with Crippen LogP contribution in [0.4, 0.5) is 0 Å². The lowest BCUT2D eigenvalue weighted by atomic mass is 9.99. The fourth-order valence-corrected chi connectivity index (χ4v) is 3.20. The van der Waals surface area contributed by atoms with Crippen LogP contribution in [-0.2, 0) is 0 Å². The van der Waals surface area contributed by atoms with Gasteiger partial charge in [0.25, 0.3) is 0 Å². The SMILES string of the molecule is CCC(CC)N(CC(C)C)CC(NC)c1ccccc1C. The fourth-order valence-electron chi connectivity index (χ4n) is 3.20. The Hall–Kier alpha value is -0.860. The van der Waals surface area contributed by atoms with E-state index in [9.17, 15) is 0 Å². The number of nitrogens with one attached hydrogen (secondary N) is 1. The second-order valence-corrected chi connectivity index (χ2v) is 6.52. The van der Waals surface area contributed by atoms with Crippen LogP contribution in [0.25, 0.3) is 0 Å². The number of benzene rings is 1. The number of aryl methyl sites for hydroxylation is 1. The molecule has 120 valence electrons. The predicted octanol–water partition coefficient (Wildman–Crippen LogP) is 4.40. The molecule has 1 unspecified atom stereocenters. The number of hydrogen-bond donors (Lipinski definition) is 1. The van der Waals surface area contributed by atoms with Gasteiger partial charge in [0.1, 0.15) is 0 Å². The fraction of sp³-hybridized carbons (Fsp3) is 0.684. The Balaban J connectivity index is 2.90. The molecule has 0 aromatic heterocycles. The summed E-state index contributed by atoms with van der Waals surface area (Å²) in [5, 5.41) is 3.52. The molecule has 0 amide bonds. The lowest BCUT2D eigenvalue weighted by molar-refractivity contribution is 0.150. The van der Waals surface area contributed by atoms with Gasteiger partial charge in [-0.05, 0) is 43.9 Å². The smallest absolute Gasteiger partial charge is 0.0449 e. The third-order valence-corrected chi connectivity index (χ3v) is 4.39. The van der Waals surface area contributed by atoms with Crippen molar-refractivity contribution in [3.8, 4) is 0 Å². The summed E-state index contributed by atoms with van der Waals surface area (Å²) in [6, 6.07) is 9.84. The maximum atomic E-state index is 3.52. The third-order valence-electron chi connectivity index (χ3n) is 4.39. The second kappa shape index (κ2) is 9.22. The summed E-state index contributed by atoms with van der Waals surface area (Å²) in [6.07, 6.45) is 2.46. The maximum Gasteiger partial charge on any atom is 0.0449 e. The number of rotatable bonds is 9. The van der Waals surface area contributed by atoms with E-state index in [1.54, 1.807) is 0 Å². The topological polar surface area (TPSA) is 15.3 Å². The van der Waals surface area contributed by atoms with Gasteiger partial charge < -0.3 is 5.32 Å². The zero-order chi connectivity index (χ0) is 15.8. The van der Waals surface area contributed by atoms with Crippen molar-refractivity contribution >= 4 is 0 Å². The second-order valence-electron chi connectivity index (χ2n) is 6.52. The molecule has 0 radical (unpaired) electrons. The largest absolute Gasteiger partial charge is 0.312 e. The first-order chi connectivity index (χ1) is 10.0. The van der Waals surface area contributed by atoms with Gasteiger partial charge in [0.05, 0.1) is 0 Å². The molecule has 2 heteroatoms. The van der Waals surface area contributed by atoms with Crippen LogP contribution in [0.1, 0.15) is 57.7 Å². The molecular formula is C19H34N2. The minimum Gasteiger partial charge on any atom is -0.312 e. The van der Waals surface area contributed by atoms with Crippen LogP contribution in [0, 0.1) is 12.8 Å². The molecule has 0 saturated heterocycles. The van der Waals surface area contributed by atoms with Crippen molar-refractivity contribution < 1.29 is 0 Å². The number of hydrogen-bond acceptors (Lipinski definition) is 2. The highest BCUT2D eigenvalue weighted by Crippen LogP contribution is 2.21. The van der Waals surface area contributed by atoms with E-state index in [1.165, 1.54) is 30.5 Å². The van der Waals surface area contributed by atoms with Gasteiger partial charge in [-0.15, -0.1) is 0 Å². The van der Waals surface area contributed by atoms with Crippen LogP contribution in [0.2, 0.25) is 0 Å². The van der Waals surface area contributed by atoms with Crippen molar-refractivity contribution in [2.75, 3.05) is 20.1 Å². The summed E-state index contributed by atoms with van der Waals surface area (Å²) in [4.78, 5) is 2.68. The summed E-state index contributed by atoms with van der Waals surface area (Å²) >= 11 is 0. The van der Waals surface area contributed by atoms with Crippen LogP contribution < -0.4 is 5.32 Å². The van der Waals surface area contributed by atoms with Crippen LogP contribution in [0.15, 0.2) is 24.3 Å². The van der Waals surface area contributed by atoms with Crippen molar-refractivity contribution in [3.63, 3.8) is 0 Å². The van der Waals surface area contributed by atoms with Crippen LogP contribution in [0.3, 0.4) is 0 Å². The molecule has 1 aromatic rings. The highest BCUT2D eigenvalue weighted by atomic mass is 15.2. The zero-order valence-corrected chi connectivity index (χ0v) is 14.8. The Morgan fingerprint density at radius 2 is 1.67 bits per heavy atom. The summed E-state index contributed by atoms with van der Waals surface area (Å²) in [7, 11) is 2.08. The number of nitrogens with zero attached hydrogens (tertiary/aromatic N) is 1. The van der Waals surface area contributed by atoms with E-state index in [1.807, 2.05) is 0 Å². The van der Waals surface area contributed by atoms with Gasteiger partial charge in [-0.3, -0.25) is 4.90 Å². The molecule has 0 aliphatic heterocycles. The normalized spacial score (nSPS) is 13.4. The van der Waals surface area contributed by atoms with Crippen molar-refractivity contribution in [1.29, 1.82) is 0 Å². The Morgan fingerprint density at radius 1 is 1.05 bits per heavy atom.